The van der Waals surface area contributed by atoms with Crippen LogP contribution in [0.3, 0.4) is 0 Å². The van der Waals surface area contributed by atoms with Crippen molar-refractivity contribution in [2.24, 2.45) is 10.8 Å². The summed E-state index contributed by atoms with van der Waals surface area (Å²) >= 11 is 0. The summed E-state index contributed by atoms with van der Waals surface area (Å²) in [5.74, 6) is -0.0192. The Labute approximate surface area is 358 Å². The monoisotopic (exact) mass is 791 g/mol. The van der Waals surface area contributed by atoms with Crippen LogP contribution < -0.4 is 0 Å². The number of unbranched alkanes of at least 4 members (excludes halogenated alkanes) is 12. The summed E-state index contributed by atoms with van der Waals surface area (Å²) in [6.45, 7) is 24.7. The third-order valence-electron chi connectivity index (χ3n) is 12.1. The van der Waals surface area contributed by atoms with Crippen molar-refractivity contribution in [1.82, 2.24) is 0 Å². The van der Waals surface area contributed by atoms with Crippen molar-refractivity contribution in [2.75, 3.05) is 0 Å². The van der Waals surface area contributed by atoms with E-state index in [9.17, 15) is 4.79 Å². The van der Waals surface area contributed by atoms with Gasteiger partial charge >= 0.3 is 5.97 Å². The lowest BCUT2D eigenvalue weighted by Gasteiger charge is -2.37. The van der Waals surface area contributed by atoms with Gasteiger partial charge in [0.15, 0.2) is 0 Å². The Bertz CT molecular complexity index is 1600. The topological polar surface area (TPSA) is 26.3 Å². The number of ether oxygens (including phenoxy) is 1. The minimum atomic E-state index is -0.0418. The highest BCUT2D eigenvalue weighted by molar-refractivity contribution is 5.69. The number of esters is 1. The largest absolute Gasteiger partial charge is 0.462 e. The van der Waals surface area contributed by atoms with Crippen LogP contribution in [0.4, 0.5) is 0 Å². The quantitative estimate of drug-likeness (QED) is 0.0523. The molecule has 0 N–H and O–H groups in total. The van der Waals surface area contributed by atoms with Gasteiger partial charge in [-0.3, -0.25) is 4.79 Å². The van der Waals surface area contributed by atoms with Crippen molar-refractivity contribution in [2.45, 2.75) is 204 Å². The summed E-state index contributed by atoms with van der Waals surface area (Å²) in [7, 11) is 0. The molecular weight excluding hydrogens is 705 g/mol. The highest BCUT2D eigenvalue weighted by Gasteiger charge is 2.34. The minimum absolute atomic E-state index is 0.0192. The molecule has 0 bridgehead atoms. The number of allylic oxidation sites excluding steroid dienone is 21. The van der Waals surface area contributed by atoms with E-state index in [0.29, 0.717) is 6.42 Å². The van der Waals surface area contributed by atoms with E-state index in [1.807, 2.05) is 0 Å². The van der Waals surface area contributed by atoms with E-state index >= 15 is 0 Å². The first kappa shape index (κ1) is 50.8. The Morgan fingerprint density at radius 3 is 1.48 bits per heavy atom. The van der Waals surface area contributed by atoms with E-state index in [0.717, 1.165) is 25.7 Å². The normalized spacial score (nSPS) is 20.0. The predicted molar refractivity (Wildman–Crippen MR) is 257 cm³/mol. The van der Waals surface area contributed by atoms with Crippen LogP contribution in [0.2, 0.25) is 0 Å². The van der Waals surface area contributed by atoms with Gasteiger partial charge < -0.3 is 4.74 Å². The summed E-state index contributed by atoms with van der Waals surface area (Å²) in [6, 6.07) is 0. The zero-order valence-corrected chi connectivity index (χ0v) is 39.4. The Morgan fingerprint density at radius 2 is 1.02 bits per heavy atom. The molecule has 2 aliphatic carbocycles. The lowest BCUT2D eigenvalue weighted by atomic mass is 9.71. The van der Waals surface area contributed by atoms with Gasteiger partial charge in [-0.05, 0) is 95.6 Å². The molecule has 0 aliphatic heterocycles. The molecule has 0 aromatic rings. The second kappa shape index (κ2) is 28.1. The number of rotatable bonds is 25. The standard InChI is InChI=1S/C56H86O2/c1-12-13-14-15-16-17-18-19-20-21-22-23-24-37-54(57)58-51-43-50(7)53(56(10,11)44-51)41-39-48(5)35-28-33-46(3)31-26-25-30-45(2)32-27-34-47(4)38-40-52-49(6)36-29-42-55(52,8)9/h25-28,30-35,38-41,51H,12-24,29,36-37,42-44H2,1-11H3. The molecule has 2 aliphatic rings. The second-order valence-corrected chi connectivity index (χ2v) is 18.9. The van der Waals surface area contributed by atoms with Crippen LogP contribution in [-0.4, -0.2) is 12.1 Å². The van der Waals surface area contributed by atoms with Crippen LogP contribution in [0.25, 0.3) is 0 Å². The van der Waals surface area contributed by atoms with Gasteiger partial charge in [-0.25, -0.2) is 0 Å². The van der Waals surface area contributed by atoms with Gasteiger partial charge in [0.05, 0.1) is 0 Å². The molecule has 0 fully saturated rings. The van der Waals surface area contributed by atoms with Gasteiger partial charge in [-0.2, -0.15) is 0 Å². The molecular formula is C56H86O2. The van der Waals surface area contributed by atoms with Crippen LogP contribution >= 0.6 is 0 Å². The van der Waals surface area contributed by atoms with Crippen molar-refractivity contribution in [1.29, 1.82) is 0 Å². The maximum absolute atomic E-state index is 12.7. The Hall–Kier alpha value is -3.39. The molecule has 0 amide bonds. The van der Waals surface area contributed by atoms with Crippen LogP contribution in [0.5, 0.6) is 0 Å². The van der Waals surface area contributed by atoms with Crippen molar-refractivity contribution in [3.8, 4) is 0 Å². The van der Waals surface area contributed by atoms with E-state index in [1.54, 1.807) is 5.57 Å². The molecule has 2 heteroatoms. The Kier molecular flexibility index (Phi) is 24.6. The van der Waals surface area contributed by atoms with Crippen LogP contribution in [-0.2, 0) is 9.53 Å². The molecule has 322 valence electrons. The lowest BCUT2D eigenvalue weighted by Crippen LogP contribution is -2.31. The number of carbonyl (C=O) groups excluding carboxylic acids is 1. The number of carbonyl (C=O) groups is 1. The molecule has 0 heterocycles. The second-order valence-electron chi connectivity index (χ2n) is 18.9. The molecule has 58 heavy (non-hydrogen) atoms. The first-order valence-electron chi connectivity index (χ1n) is 23.3. The van der Waals surface area contributed by atoms with Gasteiger partial charge in [-0.15, -0.1) is 0 Å². The van der Waals surface area contributed by atoms with E-state index < -0.39 is 0 Å². The highest BCUT2D eigenvalue weighted by atomic mass is 16.5. The summed E-state index contributed by atoms with van der Waals surface area (Å²) in [5, 5.41) is 0. The van der Waals surface area contributed by atoms with Crippen molar-refractivity contribution in [3.63, 3.8) is 0 Å². The predicted octanol–water partition coefficient (Wildman–Crippen LogP) is 17.6. The molecule has 0 saturated heterocycles. The van der Waals surface area contributed by atoms with Gasteiger partial charge in [0.25, 0.3) is 0 Å². The average molecular weight is 791 g/mol. The summed E-state index contributed by atoms with van der Waals surface area (Å²) in [5.41, 5.74) is 10.9. The highest BCUT2D eigenvalue weighted by Crippen LogP contribution is 2.43. The maximum atomic E-state index is 12.7. The van der Waals surface area contributed by atoms with E-state index in [-0.39, 0.29) is 22.9 Å². The zero-order valence-electron chi connectivity index (χ0n) is 39.4. The van der Waals surface area contributed by atoms with Crippen LogP contribution in [0.1, 0.15) is 198 Å². The molecule has 2 rings (SSSR count). The molecule has 2 nitrogen and oxygen atoms in total. The van der Waals surface area contributed by atoms with Crippen molar-refractivity contribution in [3.05, 3.63) is 130 Å². The third-order valence-corrected chi connectivity index (χ3v) is 12.1. The molecule has 0 saturated carbocycles. The Morgan fingerprint density at radius 1 is 0.586 bits per heavy atom. The SMILES string of the molecule is CCCCCCCCCCCCCCCC(=O)OC1CC(C)=C(C=CC(C)=CC=CC(C)=CC=CC=C(C)C=CC=C(C)C=CC2=C(C)CCCC2(C)C)C(C)(C)C1. The first-order valence-corrected chi connectivity index (χ1v) is 23.3. The summed E-state index contributed by atoms with van der Waals surface area (Å²) < 4.78 is 6.02. The smallest absolute Gasteiger partial charge is 0.306 e. The summed E-state index contributed by atoms with van der Waals surface area (Å²) in [4.78, 5) is 12.7. The lowest BCUT2D eigenvalue weighted by molar-refractivity contribution is -0.150. The molecule has 1 atom stereocenters. The fraction of sp³-hybridized carbons (Fsp3) is 0.589. The van der Waals surface area contributed by atoms with Gasteiger partial charge in [0.1, 0.15) is 6.10 Å². The fourth-order valence-electron chi connectivity index (χ4n) is 8.54. The maximum Gasteiger partial charge on any atom is 0.306 e. The molecule has 1 unspecified atom stereocenters. The van der Waals surface area contributed by atoms with E-state index in [2.05, 4.69) is 161 Å². The molecule has 0 aromatic carbocycles. The van der Waals surface area contributed by atoms with Crippen molar-refractivity contribution >= 4 is 5.97 Å². The minimum Gasteiger partial charge on any atom is -0.462 e. The molecule has 0 aromatic heterocycles. The van der Waals surface area contributed by atoms with Gasteiger partial charge in [0.2, 0.25) is 0 Å². The van der Waals surface area contributed by atoms with Crippen LogP contribution in [0, 0.1) is 10.8 Å². The molecule has 0 radical (unpaired) electrons. The Balaban J connectivity index is 1.75. The summed E-state index contributed by atoms with van der Waals surface area (Å²) in [6.07, 6.45) is 53.6. The molecule has 0 spiro atoms. The van der Waals surface area contributed by atoms with E-state index in [1.165, 1.54) is 129 Å². The third kappa shape index (κ3) is 21.6. The number of hydrogen-bond donors (Lipinski definition) is 0. The zero-order chi connectivity index (χ0) is 42.8. The van der Waals surface area contributed by atoms with Crippen molar-refractivity contribution < 1.29 is 9.53 Å². The fourth-order valence-corrected chi connectivity index (χ4v) is 8.54. The van der Waals surface area contributed by atoms with Gasteiger partial charge in [0, 0.05) is 12.8 Å². The van der Waals surface area contributed by atoms with Crippen LogP contribution in [0.15, 0.2) is 130 Å². The first-order chi connectivity index (χ1) is 27.6. The van der Waals surface area contributed by atoms with Gasteiger partial charge in [-0.1, -0.05) is 230 Å². The van der Waals surface area contributed by atoms with E-state index in [4.69, 9.17) is 4.74 Å². The average Bonchev–Trinajstić information content (AvgIpc) is 3.14. The number of hydrogen-bond acceptors (Lipinski definition) is 2.